The van der Waals surface area contributed by atoms with Crippen LogP contribution in [0, 0.1) is 25.6 Å². The van der Waals surface area contributed by atoms with Gasteiger partial charge in [-0.25, -0.2) is 4.39 Å². The van der Waals surface area contributed by atoms with Gasteiger partial charge in [-0.2, -0.15) is 0 Å². The van der Waals surface area contributed by atoms with Gasteiger partial charge in [0.25, 0.3) is 0 Å². The number of nitrogens with zero attached hydrogens (tertiary/aromatic N) is 2. The van der Waals surface area contributed by atoms with E-state index < -0.39 is 23.7 Å². The van der Waals surface area contributed by atoms with Crippen LogP contribution in [0.3, 0.4) is 0 Å². The standard InChI is InChI=1S/C18H19FN2O4/c1-10-15(11(2)25-20-10)9-21-16(22)7-6-14(18(23)24)17(21)12-4-3-5-13(19)8-12/h3-5,8,14,17H,6-7,9H2,1-2H3,(H,23,24)/t14-,17-/m0/s1. The largest absolute Gasteiger partial charge is 0.481 e. The molecule has 0 spiro atoms. The van der Waals surface area contributed by atoms with Gasteiger partial charge in [0.15, 0.2) is 0 Å². The normalized spacial score (nSPS) is 20.8. The van der Waals surface area contributed by atoms with Gasteiger partial charge in [0.1, 0.15) is 11.6 Å². The van der Waals surface area contributed by atoms with E-state index in [9.17, 15) is 19.1 Å². The molecular weight excluding hydrogens is 327 g/mol. The number of carboxylic acid groups (broad SMARTS) is 1. The number of hydrogen-bond donors (Lipinski definition) is 1. The average molecular weight is 346 g/mol. The van der Waals surface area contributed by atoms with Gasteiger partial charge in [0.05, 0.1) is 24.2 Å². The lowest BCUT2D eigenvalue weighted by Crippen LogP contribution is -2.45. The van der Waals surface area contributed by atoms with Crippen LogP contribution in [-0.2, 0) is 16.1 Å². The number of carbonyl (C=O) groups excluding carboxylic acids is 1. The van der Waals surface area contributed by atoms with Gasteiger partial charge in [-0.1, -0.05) is 17.3 Å². The Morgan fingerprint density at radius 1 is 1.44 bits per heavy atom. The summed E-state index contributed by atoms with van der Waals surface area (Å²) < 4.78 is 18.8. The summed E-state index contributed by atoms with van der Waals surface area (Å²) in [4.78, 5) is 25.8. The van der Waals surface area contributed by atoms with Crippen molar-refractivity contribution in [1.82, 2.24) is 10.1 Å². The van der Waals surface area contributed by atoms with Crippen molar-refractivity contribution in [2.75, 3.05) is 0 Å². The first-order valence-corrected chi connectivity index (χ1v) is 8.08. The maximum Gasteiger partial charge on any atom is 0.308 e. The van der Waals surface area contributed by atoms with Crippen molar-refractivity contribution in [1.29, 1.82) is 0 Å². The molecular formula is C18H19FN2O4. The molecule has 1 N–H and O–H groups in total. The van der Waals surface area contributed by atoms with Crippen molar-refractivity contribution in [3.63, 3.8) is 0 Å². The van der Waals surface area contributed by atoms with Crippen LogP contribution in [0.2, 0.25) is 0 Å². The molecule has 1 aliphatic rings. The Morgan fingerprint density at radius 2 is 2.20 bits per heavy atom. The van der Waals surface area contributed by atoms with Crippen molar-refractivity contribution in [3.05, 3.63) is 52.7 Å². The lowest BCUT2D eigenvalue weighted by atomic mass is 9.84. The molecule has 1 amide bonds. The van der Waals surface area contributed by atoms with Crippen LogP contribution in [-0.4, -0.2) is 27.0 Å². The molecule has 0 radical (unpaired) electrons. The summed E-state index contributed by atoms with van der Waals surface area (Å²) in [6.45, 7) is 3.70. The minimum Gasteiger partial charge on any atom is -0.481 e. The van der Waals surface area contributed by atoms with Crippen LogP contribution in [0.5, 0.6) is 0 Å². The molecule has 1 aromatic carbocycles. The van der Waals surface area contributed by atoms with Crippen LogP contribution in [0.15, 0.2) is 28.8 Å². The Balaban J connectivity index is 2.04. The molecule has 25 heavy (non-hydrogen) atoms. The highest BCUT2D eigenvalue weighted by molar-refractivity contribution is 5.81. The molecule has 0 aliphatic carbocycles. The minimum absolute atomic E-state index is 0.145. The van der Waals surface area contributed by atoms with E-state index in [0.717, 1.165) is 5.56 Å². The molecule has 1 aliphatic heterocycles. The maximum absolute atomic E-state index is 13.7. The number of aromatic nitrogens is 1. The topological polar surface area (TPSA) is 83.6 Å². The number of amides is 1. The van der Waals surface area contributed by atoms with Crippen molar-refractivity contribution < 1.29 is 23.6 Å². The Kier molecular flexibility index (Phi) is 4.57. The first kappa shape index (κ1) is 17.1. The summed E-state index contributed by atoms with van der Waals surface area (Å²) >= 11 is 0. The van der Waals surface area contributed by atoms with Gasteiger partial charge in [0.2, 0.25) is 5.91 Å². The molecule has 7 heteroatoms. The van der Waals surface area contributed by atoms with Gasteiger partial charge in [0, 0.05) is 12.0 Å². The molecule has 132 valence electrons. The number of rotatable bonds is 4. The van der Waals surface area contributed by atoms with E-state index in [4.69, 9.17) is 4.52 Å². The summed E-state index contributed by atoms with van der Waals surface area (Å²) in [6.07, 6.45) is 0.375. The van der Waals surface area contributed by atoms with E-state index in [0.29, 0.717) is 17.0 Å². The van der Waals surface area contributed by atoms with Gasteiger partial charge < -0.3 is 14.5 Å². The second-order valence-electron chi connectivity index (χ2n) is 6.31. The molecule has 0 bridgehead atoms. The monoisotopic (exact) mass is 346 g/mol. The van der Waals surface area contributed by atoms with E-state index in [1.54, 1.807) is 19.9 Å². The van der Waals surface area contributed by atoms with E-state index in [1.807, 2.05) is 0 Å². The molecule has 2 heterocycles. The predicted molar refractivity (Wildman–Crippen MR) is 86.0 cm³/mol. The highest BCUT2D eigenvalue weighted by atomic mass is 19.1. The highest BCUT2D eigenvalue weighted by Crippen LogP contribution is 2.38. The number of aliphatic carboxylic acids is 1. The lowest BCUT2D eigenvalue weighted by Gasteiger charge is -2.39. The summed E-state index contributed by atoms with van der Waals surface area (Å²) in [6, 6.07) is 5.03. The number of aryl methyl sites for hydroxylation is 2. The fraction of sp³-hybridized carbons (Fsp3) is 0.389. The summed E-state index contributed by atoms with van der Waals surface area (Å²) in [5.74, 6) is -1.82. The molecule has 0 unspecified atom stereocenters. The molecule has 6 nitrogen and oxygen atoms in total. The molecule has 2 atom stereocenters. The third kappa shape index (κ3) is 3.26. The van der Waals surface area contributed by atoms with Crippen molar-refractivity contribution in [3.8, 4) is 0 Å². The summed E-state index contributed by atoms with van der Waals surface area (Å²) in [7, 11) is 0. The van der Waals surface area contributed by atoms with Crippen LogP contribution < -0.4 is 0 Å². The van der Waals surface area contributed by atoms with Crippen molar-refractivity contribution >= 4 is 11.9 Å². The molecule has 1 aromatic heterocycles. The van der Waals surface area contributed by atoms with Crippen LogP contribution >= 0.6 is 0 Å². The zero-order valence-electron chi connectivity index (χ0n) is 14.0. The Morgan fingerprint density at radius 3 is 2.80 bits per heavy atom. The highest BCUT2D eigenvalue weighted by Gasteiger charge is 2.41. The number of carbonyl (C=O) groups is 2. The van der Waals surface area contributed by atoms with Gasteiger partial charge in [-0.05, 0) is 38.0 Å². The van der Waals surface area contributed by atoms with E-state index in [1.165, 1.54) is 23.1 Å². The lowest BCUT2D eigenvalue weighted by molar-refractivity contribution is -0.152. The Hall–Kier alpha value is -2.70. The molecule has 0 saturated carbocycles. The second kappa shape index (κ2) is 6.66. The Labute approximate surface area is 144 Å². The smallest absolute Gasteiger partial charge is 0.308 e. The zero-order chi connectivity index (χ0) is 18.1. The average Bonchev–Trinajstić information content (AvgIpc) is 2.88. The van der Waals surface area contributed by atoms with Crippen molar-refractivity contribution in [2.45, 2.75) is 39.3 Å². The minimum atomic E-state index is -0.995. The Bertz CT molecular complexity index is 798. The SMILES string of the molecule is Cc1noc(C)c1CN1C(=O)CC[C@H](C(=O)O)[C@@H]1c1cccc(F)c1. The van der Waals surface area contributed by atoms with E-state index in [2.05, 4.69) is 5.16 Å². The van der Waals surface area contributed by atoms with E-state index in [-0.39, 0.29) is 25.3 Å². The zero-order valence-corrected chi connectivity index (χ0v) is 14.0. The predicted octanol–water partition coefficient (Wildman–Crippen LogP) is 3.00. The third-order valence-corrected chi connectivity index (χ3v) is 4.72. The third-order valence-electron chi connectivity index (χ3n) is 4.72. The number of benzene rings is 1. The fourth-order valence-corrected chi connectivity index (χ4v) is 3.40. The summed E-state index contributed by atoms with van der Waals surface area (Å²) in [5, 5.41) is 13.5. The molecule has 1 saturated heterocycles. The van der Waals surface area contributed by atoms with Crippen LogP contribution in [0.25, 0.3) is 0 Å². The molecule has 1 fully saturated rings. The van der Waals surface area contributed by atoms with Gasteiger partial charge in [-0.15, -0.1) is 0 Å². The number of carboxylic acids is 1. The molecule has 3 rings (SSSR count). The first-order chi connectivity index (χ1) is 11.9. The first-order valence-electron chi connectivity index (χ1n) is 8.08. The number of halogens is 1. The van der Waals surface area contributed by atoms with E-state index >= 15 is 0 Å². The number of piperidine rings is 1. The van der Waals surface area contributed by atoms with Crippen molar-refractivity contribution in [2.24, 2.45) is 5.92 Å². The maximum atomic E-state index is 13.7. The quantitative estimate of drug-likeness (QED) is 0.920. The number of hydrogen-bond acceptors (Lipinski definition) is 4. The second-order valence-corrected chi connectivity index (χ2v) is 6.31. The van der Waals surface area contributed by atoms with Gasteiger partial charge >= 0.3 is 5.97 Å². The molecule has 2 aromatic rings. The van der Waals surface area contributed by atoms with Crippen LogP contribution in [0.1, 0.15) is 41.5 Å². The number of likely N-dealkylation sites (tertiary alicyclic amines) is 1. The summed E-state index contributed by atoms with van der Waals surface area (Å²) in [5.41, 5.74) is 1.88. The van der Waals surface area contributed by atoms with Gasteiger partial charge in [-0.3, -0.25) is 9.59 Å². The fourth-order valence-electron chi connectivity index (χ4n) is 3.40. The van der Waals surface area contributed by atoms with Crippen LogP contribution in [0.4, 0.5) is 4.39 Å².